The fraction of sp³-hybridized carbons (Fsp3) is 0.118. The van der Waals surface area contributed by atoms with E-state index >= 15 is 0 Å². The van der Waals surface area contributed by atoms with Crippen molar-refractivity contribution >= 4 is 30.0 Å². The van der Waals surface area contributed by atoms with Gasteiger partial charge in [0.1, 0.15) is 5.82 Å². The van der Waals surface area contributed by atoms with Gasteiger partial charge in [-0.3, -0.25) is 0 Å². The Kier molecular flexibility index (Phi) is 5.34. The summed E-state index contributed by atoms with van der Waals surface area (Å²) < 4.78 is 26.1. The van der Waals surface area contributed by atoms with Gasteiger partial charge in [-0.15, -0.1) is 0 Å². The molecule has 0 aliphatic rings. The van der Waals surface area contributed by atoms with E-state index in [0.717, 1.165) is 0 Å². The maximum Gasteiger partial charge on any atom is 0.216 e. The highest BCUT2D eigenvalue weighted by Gasteiger charge is 2.12. The van der Waals surface area contributed by atoms with Crippen LogP contribution in [0.2, 0.25) is 5.02 Å². The first-order chi connectivity index (χ1) is 12.5. The number of H-pyrrole nitrogens is 1. The van der Waals surface area contributed by atoms with E-state index in [2.05, 4.69) is 15.3 Å². The van der Waals surface area contributed by atoms with Crippen LogP contribution in [-0.2, 0) is 0 Å². The summed E-state index contributed by atoms with van der Waals surface area (Å²) in [7, 11) is 3.09. The standard InChI is InChI=1S/C17H14ClFN4O2S/c1-24-14-7-6-10(8-15(14)25-2)16-21-22-17(26)23(16)20-9-11-12(18)4-3-5-13(11)19/h3-9H,1-2H3,(H,22,26)/b20-9+. The Hall–Kier alpha value is -2.71. The van der Waals surface area contributed by atoms with Gasteiger partial charge in [-0.1, -0.05) is 17.7 Å². The van der Waals surface area contributed by atoms with E-state index in [4.69, 9.17) is 33.3 Å². The average Bonchev–Trinajstić information content (AvgIpc) is 3.01. The second kappa shape index (κ2) is 7.67. The number of aromatic amines is 1. The summed E-state index contributed by atoms with van der Waals surface area (Å²) in [6.07, 6.45) is 1.30. The molecule has 134 valence electrons. The van der Waals surface area contributed by atoms with Crippen molar-refractivity contribution in [3.63, 3.8) is 0 Å². The second-order valence-corrected chi connectivity index (χ2v) is 5.91. The van der Waals surface area contributed by atoms with Crippen LogP contribution in [0.1, 0.15) is 5.56 Å². The van der Waals surface area contributed by atoms with E-state index in [1.165, 1.54) is 30.1 Å². The molecule has 0 saturated heterocycles. The molecule has 0 radical (unpaired) electrons. The van der Waals surface area contributed by atoms with Crippen LogP contribution in [0.4, 0.5) is 4.39 Å². The Morgan fingerprint density at radius 2 is 2.00 bits per heavy atom. The Labute approximate surface area is 158 Å². The first-order valence-corrected chi connectivity index (χ1v) is 8.22. The number of aromatic nitrogens is 3. The van der Waals surface area contributed by atoms with Crippen LogP contribution in [0.3, 0.4) is 0 Å². The van der Waals surface area contributed by atoms with Gasteiger partial charge >= 0.3 is 0 Å². The van der Waals surface area contributed by atoms with E-state index in [1.807, 2.05) is 0 Å². The SMILES string of the molecule is COc1ccc(-c2n[nH]c(=S)n2/N=C/c2c(F)cccc2Cl)cc1OC. The predicted molar refractivity (Wildman–Crippen MR) is 100 cm³/mol. The highest BCUT2D eigenvalue weighted by atomic mass is 35.5. The minimum absolute atomic E-state index is 0.163. The third-order valence-electron chi connectivity index (χ3n) is 3.59. The van der Waals surface area contributed by atoms with E-state index in [9.17, 15) is 4.39 Å². The van der Waals surface area contributed by atoms with Gasteiger partial charge in [0.15, 0.2) is 17.3 Å². The monoisotopic (exact) mass is 392 g/mol. The molecule has 6 nitrogen and oxygen atoms in total. The highest BCUT2D eigenvalue weighted by Crippen LogP contribution is 2.31. The summed E-state index contributed by atoms with van der Waals surface area (Å²) in [6.45, 7) is 0. The van der Waals surface area contributed by atoms with Crippen LogP contribution in [0, 0.1) is 10.6 Å². The Morgan fingerprint density at radius 1 is 1.23 bits per heavy atom. The normalized spacial score (nSPS) is 11.1. The smallest absolute Gasteiger partial charge is 0.216 e. The molecule has 0 aliphatic heterocycles. The van der Waals surface area contributed by atoms with Crippen molar-refractivity contribution in [2.75, 3.05) is 14.2 Å². The summed E-state index contributed by atoms with van der Waals surface area (Å²) in [4.78, 5) is 0. The lowest BCUT2D eigenvalue weighted by Crippen LogP contribution is -1.98. The molecule has 9 heteroatoms. The molecule has 0 bridgehead atoms. The molecule has 1 N–H and O–H groups in total. The molecule has 0 atom stereocenters. The lowest BCUT2D eigenvalue weighted by Gasteiger charge is -2.09. The number of benzene rings is 2. The zero-order valence-electron chi connectivity index (χ0n) is 13.9. The van der Waals surface area contributed by atoms with Gasteiger partial charge < -0.3 is 9.47 Å². The topological polar surface area (TPSA) is 64.4 Å². The van der Waals surface area contributed by atoms with Crippen molar-refractivity contribution < 1.29 is 13.9 Å². The number of nitrogens with one attached hydrogen (secondary N) is 1. The molecule has 1 heterocycles. The van der Waals surface area contributed by atoms with Gasteiger partial charge in [-0.25, -0.2) is 9.49 Å². The lowest BCUT2D eigenvalue weighted by atomic mass is 10.2. The van der Waals surface area contributed by atoms with E-state index in [1.54, 1.807) is 31.4 Å². The van der Waals surface area contributed by atoms with Crippen LogP contribution in [0.5, 0.6) is 11.5 Å². The summed E-state index contributed by atoms with van der Waals surface area (Å²) in [5.41, 5.74) is 0.849. The number of nitrogens with zero attached hydrogens (tertiary/aromatic N) is 3. The van der Waals surface area contributed by atoms with Crippen LogP contribution < -0.4 is 9.47 Å². The average molecular weight is 393 g/mol. The molecule has 2 aromatic carbocycles. The molecular weight excluding hydrogens is 379 g/mol. The molecule has 0 aliphatic carbocycles. The first-order valence-electron chi connectivity index (χ1n) is 7.43. The van der Waals surface area contributed by atoms with E-state index < -0.39 is 5.82 Å². The maximum absolute atomic E-state index is 13.9. The number of hydrogen-bond acceptors (Lipinski definition) is 5. The van der Waals surface area contributed by atoms with Gasteiger partial charge in [-0.2, -0.15) is 14.9 Å². The van der Waals surface area contributed by atoms with E-state index in [0.29, 0.717) is 22.9 Å². The Morgan fingerprint density at radius 3 is 2.69 bits per heavy atom. The molecular formula is C17H14ClFN4O2S. The predicted octanol–water partition coefficient (Wildman–Crippen LogP) is 4.30. The molecule has 0 amide bonds. The van der Waals surface area contributed by atoms with Crippen molar-refractivity contribution in [2.24, 2.45) is 5.10 Å². The molecule has 0 saturated carbocycles. The lowest BCUT2D eigenvalue weighted by molar-refractivity contribution is 0.355. The summed E-state index contributed by atoms with van der Waals surface area (Å²) in [6, 6.07) is 9.68. The van der Waals surface area contributed by atoms with Gasteiger partial charge in [0, 0.05) is 11.1 Å². The van der Waals surface area contributed by atoms with Crippen LogP contribution >= 0.6 is 23.8 Å². The minimum atomic E-state index is -0.482. The van der Waals surface area contributed by atoms with Gasteiger partial charge in [0.2, 0.25) is 4.77 Å². The van der Waals surface area contributed by atoms with Gasteiger partial charge in [0.05, 0.1) is 25.5 Å². The molecule has 0 spiro atoms. The number of methoxy groups -OCH3 is 2. The first kappa shape index (κ1) is 18.1. The zero-order valence-corrected chi connectivity index (χ0v) is 15.4. The fourth-order valence-corrected chi connectivity index (χ4v) is 2.70. The summed E-state index contributed by atoms with van der Waals surface area (Å²) in [5, 5.41) is 11.3. The highest BCUT2D eigenvalue weighted by molar-refractivity contribution is 7.71. The van der Waals surface area contributed by atoms with Crippen molar-refractivity contribution in [1.29, 1.82) is 0 Å². The molecule has 26 heavy (non-hydrogen) atoms. The van der Waals surface area contributed by atoms with Crippen LogP contribution in [0.25, 0.3) is 11.4 Å². The van der Waals surface area contributed by atoms with Crippen LogP contribution in [0.15, 0.2) is 41.5 Å². The van der Waals surface area contributed by atoms with E-state index in [-0.39, 0.29) is 15.4 Å². The molecule has 1 aromatic heterocycles. The van der Waals surface area contributed by atoms with Crippen molar-refractivity contribution in [1.82, 2.24) is 14.9 Å². The minimum Gasteiger partial charge on any atom is -0.493 e. The number of ether oxygens (including phenoxy) is 2. The molecule has 0 fully saturated rings. The Bertz CT molecular complexity index is 1010. The van der Waals surface area contributed by atoms with Crippen molar-refractivity contribution in [3.05, 3.63) is 57.6 Å². The number of rotatable bonds is 5. The number of halogens is 2. The molecule has 0 unspecified atom stereocenters. The van der Waals surface area contributed by atoms with Gasteiger partial charge in [-0.05, 0) is 42.5 Å². The summed E-state index contributed by atoms with van der Waals surface area (Å²) >= 11 is 11.2. The maximum atomic E-state index is 13.9. The van der Waals surface area contributed by atoms with Gasteiger partial charge in [0.25, 0.3) is 0 Å². The fourth-order valence-electron chi connectivity index (χ4n) is 2.31. The summed E-state index contributed by atoms with van der Waals surface area (Å²) in [5.74, 6) is 1.06. The Balaban J connectivity index is 2.05. The third kappa shape index (κ3) is 3.47. The second-order valence-electron chi connectivity index (χ2n) is 5.11. The quantitative estimate of drug-likeness (QED) is 0.519. The zero-order chi connectivity index (χ0) is 18.7. The molecule has 3 rings (SSSR count). The van der Waals surface area contributed by atoms with Crippen molar-refractivity contribution in [3.8, 4) is 22.9 Å². The largest absolute Gasteiger partial charge is 0.493 e. The van der Waals surface area contributed by atoms with Crippen LogP contribution in [-0.4, -0.2) is 35.3 Å². The van der Waals surface area contributed by atoms with Crippen molar-refractivity contribution in [2.45, 2.75) is 0 Å². The third-order valence-corrected chi connectivity index (χ3v) is 4.19. The number of hydrogen-bond donors (Lipinski definition) is 1. The molecule has 3 aromatic rings.